The molecule has 0 saturated heterocycles. The molecule has 7 nitrogen and oxygen atoms in total. The van der Waals surface area contributed by atoms with Gasteiger partial charge in [0.15, 0.2) is 5.65 Å². The summed E-state index contributed by atoms with van der Waals surface area (Å²) in [6.07, 6.45) is 0.762. The number of hydrogen-bond donors (Lipinski definition) is 1. The number of hydrogen-bond acceptors (Lipinski definition) is 5. The lowest BCUT2D eigenvalue weighted by Crippen LogP contribution is -2.46. The molecule has 1 saturated carbocycles. The Hall–Kier alpha value is -3.17. The quantitative estimate of drug-likeness (QED) is 0.705. The number of rotatable bonds is 5. The number of halogens is 3. The molecule has 152 valence electrons. The molecule has 1 unspecified atom stereocenters. The highest BCUT2D eigenvalue weighted by Crippen LogP contribution is 2.40. The van der Waals surface area contributed by atoms with Crippen LogP contribution in [0.3, 0.4) is 0 Å². The number of nitrogens with one attached hydrogen (secondary N) is 1. The van der Waals surface area contributed by atoms with Gasteiger partial charge in [-0.2, -0.15) is 18.3 Å². The number of nitrogens with zero attached hydrogens (tertiary/aromatic N) is 4. The summed E-state index contributed by atoms with van der Waals surface area (Å²) < 4.78 is 46.4. The third-order valence-electron chi connectivity index (χ3n) is 4.87. The lowest BCUT2D eigenvalue weighted by molar-refractivity contribution is -0.158. The van der Waals surface area contributed by atoms with Crippen molar-refractivity contribution in [2.45, 2.75) is 32.0 Å². The van der Waals surface area contributed by atoms with Crippen LogP contribution in [0.15, 0.2) is 30.7 Å². The first-order valence-electron chi connectivity index (χ1n) is 9.00. The first-order chi connectivity index (χ1) is 13.8. The second kappa shape index (κ2) is 7.02. The van der Waals surface area contributed by atoms with Crippen molar-refractivity contribution in [1.29, 1.82) is 0 Å². The zero-order valence-corrected chi connectivity index (χ0v) is 15.7. The number of alkyl halides is 3. The van der Waals surface area contributed by atoms with Gasteiger partial charge in [-0.3, -0.25) is 9.78 Å². The monoisotopic (exact) mass is 405 g/mol. The van der Waals surface area contributed by atoms with Gasteiger partial charge < -0.3 is 10.1 Å². The highest BCUT2D eigenvalue weighted by Gasteiger charge is 2.49. The Morgan fingerprint density at radius 3 is 2.69 bits per heavy atom. The van der Waals surface area contributed by atoms with E-state index in [4.69, 9.17) is 4.74 Å². The Balaban J connectivity index is 1.72. The number of amides is 1. The molecule has 29 heavy (non-hydrogen) atoms. The van der Waals surface area contributed by atoms with Gasteiger partial charge in [-0.15, -0.1) is 0 Å². The summed E-state index contributed by atoms with van der Waals surface area (Å²) in [4.78, 5) is 21.2. The van der Waals surface area contributed by atoms with Gasteiger partial charge in [-0.1, -0.05) is 0 Å². The minimum absolute atomic E-state index is 0.0132. The van der Waals surface area contributed by atoms with Crippen molar-refractivity contribution < 1.29 is 22.7 Å². The van der Waals surface area contributed by atoms with E-state index in [1.165, 1.54) is 17.8 Å². The number of aromatic nitrogens is 4. The fraction of sp³-hybridized carbons (Fsp3) is 0.368. The average molecular weight is 405 g/mol. The van der Waals surface area contributed by atoms with Gasteiger partial charge in [-0.25, -0.2) is 9.50 Å². The molecule has 1 N–H and O–H groups in total. The van der Waals surface area contributed by atoms with E-state index in [0.717, 1.165) is 0 Å². The molecule has 1 aliphatic rings. The molecule has 0 bridgehead atoms. The van der Waals surface area contributed by atoms with Gasteiger partial charge in [-0.05, 0) is 37.8 Å². The Labute approximate surface area is 163 Å². The second-order valence-electron chi connectivity index (χ2n) is 7.02. The van der Waals surface area contributed by atoms with E-state index < -0.39 is 24.0 Å². The van der Waals surface area contributed by atoms with Crippen LogP contribution in [-0.2, 0) is 0 Å². The number of fused-ring (bicyclic) bond motifs is 1. The maximum atomic E-state index is 13.3. The smallest absolute Gasteiger partial charge is 0.408 e. The third kappa shape index (κ3) is 3.74. The van der Waals surface area contributed by atoms with Gasteiger partial charge >= 0.3 is 6.18 Å². The van der Waals surface area contributed by atoms with E-state index in [9.17, 15) is 18.0 Å². The molecule has 0 aliphatic heterocycles. The van der Waals surface area contributed by atoms with E-state index in [1.54, 1.807) is 31.5 Å². The minimum Gasteiger partial charge on any atom is -0.495 e. The van der Waals surface area contributed by atoms with Gasteiger partial charge in [0.2, 0.25) is 0 Å². The van der Waals surface area contributed by atoms with Crippen molar-refractivity contribution in [1.82, 2.24) is 24.9 Å². The third-order valence-corrected chi connectivity index (χ3v) is 4.87. The Kier molecular flexibility index (Phi) is 4.64. The van der Waals surface area contributed by atoms with Crippen LogP contribution in [0.1, 0.15) is 28.9 Å². The van der Waals surface area contributed by atoms with Crippen LogP contribution in [0.2, 0.25) is 0 Å². The predicted octanol–water partition coefficient (Wildman–Crippen LogP) is 3.18. The number of carbonyl (C=O) groups excluding carboxylic acids is 1. The van der Waals surface area contributed by atoms with Crippen LogP contribution in [0.4, 0.5) is 13.2 Å². The van der Waals surface area contributed by atoms with Crippen LogP contribution in [0, 0.1) is 12.8 Å². The predicted molar refractivity (Wildman–Crippen MR) is 97.5 cm³/mol. The maximum Gasteiger partial charge on any atom is 0.408 e. The Bertz CT molecular complexity index is 1080. The van der Waals surface area contributed by atoms with Crippen LogP contribution >= 0.6 is 0 Å². The maximum absolute atomic E-state index is 13.3. The first-order valence-corrected chi connectivity index (χ1v) is 9.00. The summed E-state index contributed by atoms with van der Waals surface area (Å²) >= 11 is 0. The summed E-state index contributed by atoms with van der Waals surface area (Å²) in [5.74, 6) is -0.887. The lowest BCUT2D eigenvalue weighted by Gasteiger charge is -2.20. The SMILES string of the molecule is COc1cncc(-c2cc(C)n3ncc(C(=O)NC(C4CC4)C(F)(F)F)c3n2)c1. The molecule has 1 aliphatic carbocycles. The highest BCUT2D eigenvalue weighted by molar-refractivity contribution is 6.00. The first kappa shape index (κ1) is 19.2. The topological polar surface area (TPSA) is 81.4 Å². The summed E-state index contributed by atoms with van der Waals surface area (Å²) in [6, 6.07) is 1.62. The van der Waals surface area contributed by atoms with Crippen molar-refractivity contribution in [3.63, 3.8) is 0 Å². The summed E-state index contributed by atoms with van der Waals surface area (Å²) in [7, 11) is 1.51. The van der Waals surface area contributed by atoms with Crippen LogP contribution < -0.4 is 10.1 Å². The molecule has 0 radical (unpaired) electrons. The van der Waals surface area contributed by atoms with E-state index in [-0.39, 0.29) is 11.2 Å². The fourth-order valence-electron chi connectivity index (χ4n) is 3.21. The molecule has 3 aromatic heterocycles. The number of ether oxygens (including phenoxy) is 1. The Morgan fingerprint density at radius 2 is 2.03 bits per heavy atom. The van der Waals surface area contributed by atoms with Gasteiger partial charge in [0, 0.05) is 17.5 Å². The van der Waals surface area contributed by atoms with Crippen molar-refractivity contribution >= 4 is 11.6 Å². The zero-order valence-electron chi connectivity index (χ0n) is 15.7. The molecule has 3 aromatic rings. The molecule has 10 heteroatoms. The highest BCUT2D eigenvalue weighted by atomic mass is 19.4. The van der Waals surface area contributed by atoms with Crippen LogP contribution in [0.25, 0.3) is 16.9 Å². The molecule has 1 amide bonds. The fourth-order valence-corrected chi connectivity index (χ4v) is 3.21. The van der Waals surface area contributed by atoms with E-state index in [0.29, 0.717) is 35.5 Å². The summed E-state index contributed by atoms with van der Waals surface area (Å²) in [5, 5.41) is 6.23. The largest absolute Gasteiger partial charge is 0.495 e. The molecule has 0 aromatic carbocycles. The number of aryl methyl sites for hydroxylation is 1. The molecule has 1 atom stereocenters. The van der Waals surface area contributed by atoms with Crippen molar-refractivity contribution in [3.8, 4) is 17.0 Å². The van der Waals surface area contributed by atoms with Gasteiger partial charge in [0.05, 0.1) is 25.2 Å². The molecule has 1 fully saturated rings. The van der Waals surface area contributed by atoms with Crippen LogP contribution in [0.5, 0.6) is 5.75 Å². The standard InChI is InChI=1S/C19H18F3N5O2/c1-10-5-15(12-6-13(29-2)8-23-7-12)25-17-14(9-24-27(10)17)18(28)26-16(11-3-4-11)19(20,21)22/h5-9,11,16H,3-4H2,1-2H3,(H,26,28). The minimum atomic E-state index is -4.50. The normalized spacial score (nSPS) is 15.3. The van der Waals surface area contributed by atoms with E-state index in [1.807, 2.05) is 0 Å². The molecular formula is C19H18F3N5O2. The number of pyridine rings is 1. The average Bonchev–Trinajstić information content (AvgIpc) is 3.42. The molecule has 0 spiro atoms. The van der Waals surface area contributed by atoms with Crippen LogP contribution in [-0.4, -0.2) is 44.8 Å². The van der Waals surface area contributed by atoms with Crippen molar-refractivity contribution in [2.75, 3.05) is 7.11 Å². The Morgan fingerprint density at radius 1 is 1.28 bits per heavy atom. The number of methoxy groups -OCH3 is 1. The second-order valence-corrected chi connectivity index (χ2v) is 7.02. The molecule has 3 heterocycles. The summed E-state index contributed by atoms with van der Waals surface area (Å²) in [6.45, 7) is 1.77. The summed E-state index contributed by atoms with van der Waals surface area (Å²) in [5.41, 5.74) is 1.98. The van der Waals surface area contributed by atoms with Gasteiger partial charge in [0.1, 0.15) is 17.4 Å². The van der Waals surface area contributed by atoms with E-state index in [2.05, 4.69) is 20.4 Å². The zero-order chi connectivity index (χ0) is 20.8. The van der Waals surface area contributed by atoms with Crippen molar-refractivity contribution in [2.24, 2.45) is 5.92 Å². The van der Waals surface area contributed by atoms with E-state index >= 15 is 0 Å². The number of carbonyl (C=O) groups is 1. The van der Waals surface area contributed by atoms with Gasteiger partial charge in [0.25, 0.3) is 5.91 Å². The van der Waals surface area contributed by atoms with Crippen molar-refractivity contribution in [3.05, 3.63) is 42.0 Å². The lowest BCUT2D eigenvalue weighted by atomic mass is 10.1. The molecule has 4 rings (SSSR count). The molecular weight excluding hydrogens is 387 g/mol.